The molecule has 1 heterocycles. The van der Waals surface area contributed by atoms with Crippen molar-refractivity contribution in [2.75, 3.05) is 0 Å². The summed E-state index contributed by atoms with van der Waals surface area (Å²) in [6.07, 6.45) is 1.16. The molecule has 0 saturated carbocycles. The van der Waals surface area contributed by atoms with Gasteiger partial charge in [0.05, 0.1) is 0 Å². The molecule has 0 atom stereocenters. The number of thiophene rings is 1. The third-order valence-electron chi connectivity index (χ3n) is 2.28. The predicted octanol–water partition coefficient (Wildman–Crippen LogP) is 5.15. The third-order valence-corrected chi connectivity index (χ3v) is 4.86. The summed E-state index contributed by atoms with van der Waals surface area (Å²) in [7, 11) is 0. The van der Waals surface area contributed by atoms with E-state index in [9.17, 15) is 0 Å². The summed E-state index contributed by atoms with van der Waals surface area (Å²) < 4.78 is 2.41. The quantitative estimate of drug-likeness (QED) is 0.729. The summed E-state index contributed by atoms with van der Waals surface area (Å²) in [6, 6.07) is 6.50. The van der Waals surface area contributed by atoms with E-state index in [1.165, 1.54) is 15.0 Å². The molecule has 0 saturated heterocycles. The lowest BCUT2D eigenvalue weighted by Crippen LogP contribution is -1.89. The number of halogens is 1. The van der Waals surface area contributed by atoms with Crippen LogP contribution < -0.4 is 0 Å². The SMILES string of the molecule is CC(C)Cc1cc2c(S)c(Br)ccc2s1. The summed E-state index contributed by atoms with van der Waals surface area (Å²) in [6.45, 7) is 4.50. The maximum atomic E-state index is 4.53. The first kappa shape index (κ1) is 11.5. The fourth-order valence-electron chi connectivity index (χ4n) is 1.63. The van der Waals surface area contributed by atoms with Crippen molar-refractivity contribution in [3.8, 4) is 0 Å². The molecule has 0 aliphatic rings. The highest BCUT2D eigenvalue weighted by Gasteiger charge is 2.08. The number of hydrogen-bond donors (Lipinski definition) is 1. The Hall–Kier alpha value is 0.01000. The molecule has 0 nitrogen and oxygen atoms in total. The lowest BCUT2D eigenvalue weighted by molar-refractivity contribution is 0.654. The van der Waals surface area contributed by atoms with Crippen LogP contribution in [0.2, 0.25) is 0 Å². The molecule has 2 rings (SSSR count). The van der Waals surface area contributed by atoms with Gasteiger partial charge in [-0.25, -0.2) is 0 Å². The summed E-state index contributed by atoms with van der Waals surface area (Å²) in [5.41, 5.74) is 0. The van der Waals surface area contributed by atoms with Gasteiger partial charge < -0.3 is 0 Å². The van der Waals surface area contributed by atoms with E-state index in [1.54, 1.807) is 0 Å². The van der Waals surface area contributed by atoms with Gasteiger partial charge in [-0.1, -0.05) is 13.8 Å². The van der Waals surface area contributed by atoms with E-state index in [2.05, 4.69) is 60.6 Å². The molecule has 0 aliphatic carbocycles. The lowest BCUT2D eigenvalue weighted by Gasteiger charge is -1.99. The van der Waals surface area contributed by atoms with Crippen LogP contribution >= 0.6 is 39.9 Å². The van der Waals surface area contributed by atoms with Gasteiger partial charge >= 0.3 is 0 Å². The van der Waals surface area contributed by atoms with Crippen LogP contribution in [0.3, 0.4) is 0 Å². The van der Waals surface area contributed by atoms with Gasteiger partial charge in [-0.2, -0.15) is 0 Å². The first-order valence-corrected chi connectivity index (χ1v) is 7.03. The van der Waals surface area contributed by atoms with E-state index in [4.69, 9.17) is 0 Å². The highest BCUT2D eigenvalue weighted by molar-refractivity contribution is 9.10. The van der Waals surface area contributed by atoms with Crippen molar-refractivity contribution < 1.29 is 0 Å². The highest BCUT2D eigenvalue weighted by atomic mass is 79.9. The molecule has 0 radical (unpaired) electrons. The average Bonchev–Trinajstić information content (AvgIpc) is 2.54. The molecule has 1 aromatic heterocycles. The van der Waals surface area contributed by atoms with Gasteiger partial charge in [0, 0.05) is 24.3 Å². The normalized spacial score (nSPS) is 11.5. The standard InChI is InChI=1S/C12H13BrS2/c1-7(2)5-8-6-9-11(15-8)4-3-10(13)12(9)14/h3-4,6-7,14H,5H2,1-2H3. The fraction of sp³-hybridized carbons (Fsp3) is 0.333. The minimum atomic E-state index is 0.713. The molecule has 0 spiro atoms. The van der Waals surface area contributed by atoms with E-state index >= 15 is 0 Å². The minimum Gasteiger partial charge on any atom is -0.142 e. The molecule has 0 aliphatic heterocycles. The monoisotopic (exact) mass is 300 g/mol. The molecule has 0 fully saturated rings. The molecule has 0 amide bonds. The molecule has 2 aromatic rings. The van der Waals surface area contributed by atoms with E-state index in [-0.39, 0.29) is 0 Å². The Labute approximate surface area is 108 Å². The smallest absolute Gasteiger partial charge is 0.0357 e. The largest absolute Gasteiger partial charge is 0.142 e. The predicted molar refractivity (Wildman–Crippen MR) is 75.3 cm³/mol. The molecule has 0 bridgehead atoms. The second-order valence-corrected chi connectivity index (χ2v) is 6.59. The van der Waals surface area contributed by atoms with E-state index in [0.717, 1.165) is 15.8 Å². The van der Waals surface area contributed by atoms with Crippen LogP contribution in [0, 0.1) is 5.92 Å². The van der Waals surface area contributed by atoms with Gasteiger partial charge in [0.1, 0.15) is 0 Å². The number of benzene rings is 1. The first-order valence-electron chi connectivity index (χ1n) is 4.98. The maximum Gasteiger partial charge on any atom is 0.0357 e. The van der Waals surface area contributed by atoms with Crippen molar-refractivity contribution in [2.45, 2.75) is 25.2 Å². The lowest BCUT2D eigenvalue weighted by atomic mass is 10.1. The van der Waals surface area contributed by atoms with Gasteiger partial charge in [-0.15, -0.1) is 24.0 Å². The van der Waals surface area contributed by atoms with Gasteiger partial charge in [0.25, 0.3) is 0 Å². The van der Waals surface area contributed by atoms with Crippen molar-refractivity contribution in [3.05, 3.63) is 27.5 Å². The minimum absolute atomic E-state index is 0.713. The summed E-state index contributed by atoms with van der Waals surface area (Å²) in [4.78, 5) is 2.51. The molecule has 3 heteroatoms. The van der Waals surface area contributed by atoms with Crippen LogP contribution in [0.5, 0.6) is 0 Å². The molecule has 15 heavy (non-hydrogen) atoms. The average molecular weight is 301 g/mol. The maximum absolute atomic E-state index is 4.53. The Morgan fingerprint density at radius 3 is 2.80 bits per heavy atom. The summed E-state index contributed by atoms with van der Waals surface area (Å²) in [5, 5.41) is 1.27. The number of fused-ring (bicyclic) bond motifs is 1. The van der Waals surface area contributed by atoms with Gasteiger partial charge in [-0.3, -0.25) is 0 Å². The molecule has 80 valence electrons. The fourth-order valence-corrected chi connectivity index (χ4v) is 3.59. The number of hydrogen-bond acceptors (Lipinski definition) is 2. The van der Waals surface area contributed by atoms with Gasteiger partial charge in [0.15, 0.2) is 0 Å². The zero-order chi connectivity index (χ0) is 11.0. The van der Waals surface area contributed by atoms with Crippen molar-refractivity contribution >= 4 is 50.0 Å². The Morgan fingerprint density at radius 2 is 2.13 bits per heavy atom. The number of rotatable bonds is 2. The molecule has 1 aromatic carbocycles. The van der Waals surface area contributed by atoms with Crippen LogP contribution in [-0.4, -0.2) is 0 Å². The van der Waals surface area contributed by atoms with Crippen LogP contribution in [-0.2, 0) is 6.42 Å². The Morgan fingerprint density at radius 1 is 1.40 bits per heavy atom. The van der Waals surface area contributed by atoms with Crippen molar-refractivity contribution in [1.29, 1.82) is 0 Å². The molecular formula is C12H13BrS2. The summed E-state index contributed by atoms with van der Waals surface area (Å²) >= 11 is 9.91. The van der Waals surface area contributed by atoms with Gasteiger partial charge in [0.2, 0.25) is 0 Å². The van der Waals surface area contributed by atoms with Crippen LogP contribution in [0.1, 0.15) is 18.7 Å². The van der Waals surface area contributed by atoms with Crippen LogP contribution in [0.25, 0.3) is 10.1 Å². The van der Waals surface area contributed by atoms with Crippen LogP contribution in [0.15, 0.2) is 27.6 Å². The van der Waals surface area contributed by atoms with Gasteiger partial charge in [-0.05, 0) is 46.5 Å². The van der Waals surface area contributed by atoms with Crippen LogP contribution in [0.4, 0.5) is 0 Å². The summed E-state index contributed by atoms with van der Waals surface area (Å²) in [5.74, 6) is 0.713. The Bertz CT molecular complexity index is 486. The Balaban J connectivity index is 2.51. The first-order chi connectivity index (χ1) is 7.08. The van der Waals surface area contributed by atoms with E-state index in [1.807, 2.05) is 11.3 Å². The molecule has 0 N–H and O–H groups in total. The van der Waals surface area contributed by atoms with E-state index < -0.39 is 0 Å². The molecular weight excluding hydrogens is 288 g/mol. The zero-order valence-corrected chi connectivity index (χ0v) is 12.0. The Kier molecular flexibility index (Phi) is 3.43. The zero-order valence-electron chi connectivity index (χ0n) is 8.75. The molecule has 0 unspecified atom stereocenters. The highest BCUT2D eigenvalue weighted by Crippen LogP contribution is 2.35. The second-order valence-electron chi connectivity index (χ2n) is 4.12. The van der Waals surface area contributed by atoms with Crippen molar-refractivity contribution in [2.24, 2.45) is 5.92 Å². The second kappa shape index (κ2) is 4.48. The number of thiol groups is 1. The third kappa shape index (κ3) is 2.40. The van der Waals surface area contributed by atoms with E-state index in [0.29, 0.717) is 5.92 Å². The van der Waals surface area contributed by atoms with Crippen molar-refractivity contribution in [3.63, 3.8) is 0 Å². The topological polar surface area (TPSA) is 0 Å². The van der Waals surface area contributed by atoms with Crippen molar-refractivity contribution in [1.82, 2.24) is 0 Å².